The fourth-order valence-electron chi connectivity index (χ4n) is 11.9. The van der Waals surface area contributed by atoms with Crippen molar-refractivity contribution in [1.29, 1.82) is 0 Å². The van der Waals surface area contributed by atoms with Crippen molar-refractivity contribution in [2.45, 2.75) is 102 Å². The van der Waals surface area contributed by atoms with Gasteiger partial charge in [-0.2, -0.15) is 0 Å². The molecule has 1 fully saturated rings. The van der Waals surface area contributed by atoms with Crippen LogP contribution in [0.15, 0.2) is 107 Å². The second-order valence-corrected chi connectivity index (χ2v) is 19.4. The minimum Gasteiger partial charge on any atom is -0.455 e. The van der Waals surface area contributed by atoms with E-state index in [0.717, 1.165) is 65.3 Å². The summed E-state index contributed by atoms with van der Waals surface area (Å²) in [6, 6.07) is 36.3. The standard InChI is InChI=1S/C55H48BN2O/c1-53(2,3)35-30-43-51-44(31-35)56-49-42(32-47-48(41-22-11-13-26-46(41)59-47)52(49)58(51)55(5)28-15-14-27-54(43,55)4)40-24-16-23-39-38-21-10-9-20-37(38)36-19-8-6-17-33(36)29-34-18-7-12-25-45(34)57-50(39)40/h6,8,10,12-13,16,19,21,23-26,30-33,57H,7,14-15,17-18,27-29H2,1-5H3. The fraction of sp³-hybridized carbons (Fsp3) is 0.309. The predicted molar refractivity (Wildman–Crippen MR) is 245 cm³/mol. The van der Waals surface area contributed by atoms with Gasteiger partial charge < -0.3 is 14.6 Å². The average Bonchev–Trinajstić information content (AvgIpc) is 3.72. The molecule has 4 heterocycles. The van der Waals surface area contributed by atoms with Crippen LogP contribution in [0.5, 0.6) is 0 Å². The Bertz CT molecular complexity index is 2930. The molecule has 3 atom stereocenters. The maximum Gasteiger partial charge on any atom is 0.197 e. The first-order valence-corrected chi connectivity index (χ1v) is 21.9. The van der Waals surface area contributed by atoms with Gasteiger partial charge in [0.2, 0.25) is 0 Å². The predicted octanol–water partition coefficient (Wildman–Crippen LogP) is 12.5. The van der Waals surface area contributed by atoms with Crippen molar-refractivity contribution in [3.63, 3.8) is 0 Å². The summed E-state index contributed by atoms with van der Waals surface area (Å²) in [6.07, 6.45) is 20.5. The molecule has 1 aromatic heterocycles. The van der Waals surface area contributed by atoms with E-state index in [-0.39, 0.29) is 16.4 Å². The number of para-hydroxylation sites is 1. The zero-order valence-electron chi connectivity index (χ0n) is 34.8. The van der Waals surface area contributed by atoms with Gasteiger partial charge in [-0.05, 0) is 126 Å². The Labute approximate surface area is 349 Å². The normalized spacial score (nSPS) is 23.6. The fourth-order valence-corrected chi connectivity index (χ4v) is 11.9. The molecule has 1 N–H and O–H groups in total. The lowest BCUT2D eigenvalue weighted by atomic mass is 9.57. The maximum absolute atomic E-state index is 6.91. The molecule has 0 amide bonds. The van der Waals surface area contributed by atoms with Crippen molar-refractivity contribution in [1.82, 2.24) is 0 Å². The number of hydrogen-bond donors (Lipinski definition) is 1. The van der Waals surface area contributed by atoms with Crippen LogP contribution in [0.1, 0.15) is 103 Å². The van der Waals surface area contributed by atoms with E-state index in [9.17, 15) is 0 Å². The largest absolute Gasteiger partial charge is 0.455 e. The summed E-state index contributed by atoms with van der Waals surface area (Å²) in [5.74, 6) is 0.398. The lowest BCUT2D eigenvalue weighted by Gasteiger charge is -2.51. The van der Waals surface area contributed by atoms with Gasteiger partial charge in [0, 0.05) is 44.7 Å². The highest BCUT2D eigenvalue weighted by atomic mass is 16.3. The molecule has 1 radical (unpaired) electrons. The third-order valence-electron chi connectivity index (χ3n) is 15.2. The number of anilines is 3. The summed E-state index contributed by atoms with van der Waals surface area (Å²) >= 11 is 0. The number of allylic oxidation sites excluding steroid dienone is 7. The summed E-state index contributed by atoms with van der Waals surface area (Å²) in [4.78, 5) is 2.79. The molecule has 6 aliphatic rings. The van der Waals surface area contributed by atoms with E-state index in [1.165, 1.54) is 91.8 Å². The summed E-state index contributed by atoms with van der Waals surface area (Å²) in [7, 11) is 2.52. The van der Waals surface area contributed by atoms with Gasteiger partial charge in [-0.1, -0.05) is 125 Å². The lowest BCUT2D eigenvalue weighted by Crippen LogP contribution is -2.57. The van der Waals surface area contributed by atoms with Gasteiger partial charge in [-0.25, -0.2) is 0 Å². The van der Waals surface area contributed by atoms with Crippen LogP contribution in [0, 0.1) is 30.2 Å². The molecule has 0 bridgehead atoms. The molecule has 0 saturated heterocycles. The van der Waals surface area contributed by atoms with Gasteiger partial charge in [0.1, 0.15) is 11.2 Å². The van der Waals surface area contributed by atoms with Gasteiger partial charge in [-0.3, -0.25) is 0 Å². The summed E-state index contributed by atoms with van der Waals surface area (Å²) in [6.45, 7) is 12.2. The number of nitrogens with one attached hydrogen (secondary N) is 1. The van der Waals surface area contributed by atoms with Gasteiger partial charge in [0.05, 0.1) is 22.0 Å². The quantitative estimate of drug-likeness (QED) is 0.169. The van der Waals surface area contributed by atoms with E-state index in [4.69, 9.17) is 4.42 Å². The van der Waals surface area contributed by atoms with Gasteiger partial charge in [0.25, 0.3) is 0 Å². The van der Waals surface area contributed by atoms with Crippen molar-refractivity contribution in [3.05, 3.63) is 143 Å². The average molecular weight is 764 g/mol. The first-order valence-electron chi connectivity index (χ1n) is 21.9. The molecule has 3 unspecified atom stereocenters. The second-order valence-electron chi connectivity index (χ2n) is 19.4. The van der Waals surface area contributed by atoms with Gasteiger partial charge >= 0.3 is 0 Å². The van der Waals surface area contributed by atoms with Crippen LogP contribution in [-0.4, -0.2) is 12.8 Å². The van der Waals surface area contributed by atoms with E-state index in [0.29, 0.717) is 5.92 Å². The molecule has 3 aliphatic heterocycles. The van der Waals surface area contributed by atoms with Crippen LogP contribution in [0.4, 0.5) is 17.1 Å². The monoisotopic (exact) mass is 763 g/mol. The Morgan fingerprint density at radius 3 is 2.59 bits per heavy atom. The summed E-state index contributed by atoms with van der Waals surface area (Å²) < 4.78 is 6.91. The molecule has 6 aromatic rings. The number of furan rings is 1. The Morgan fingerprint density at radius 1 is 0.881 bits per heavy atom. The molecule has 0 spiro atoms. The first kappa shape index (κ1) is 35.1. The SMILES string of the molecule is CC(C)(C)c1cc2c3c(c1)C1(C)CCCCC1(C)N3c1c(c(-c3cccc4c3NC3=C(CCC=C3)CC3CC=CC=C3c3c#cccc3-4)cc3oc4ccc#cc4c13)[B]2. The Kier molecular flexibility index (Phi) is 7.35. The highest BCUT2D eigenvalue weighted by Gasteiger charge is 2.60. The van der Waals surface area contributed by atoms with E-state index in [2.05, 4.69) is 155 Å². The summed E-state index contributed by atoms with van der Waals surface area (Å²) in [5.41, 5.74) is 20.8. The Morgan fingerprint density at radius 2 is 1.71 bits per heavy atom. The van der Waals surface area contributed by atoms with Crippen LogP contribution in [0.3, 0.4) is 0 Å². The highest BCUT2D eigenvalue weighted by molar-refractivity contribution is 6.74. The zero-order valence-corrected chi connectivity index (χ0v) is 34.8. The minimum atomic E-state index is -0.133. The van der Waals surface area contributed by atoms with Crippen LogP contribution >= 0.6 is 0 Å². The Hall–Kier alpha value is -5.84. The van der Waals surface area contributed by atoms with Crippen LogP contribution < -0.4 is 21.1 Å². The van der Waals surface area contributed by atoms with Crippen LogP contribution in [0.25, 0.3) is 49.8 Å². The summed E-state index contributed by atoms with van der Waals surface area (Å²) in [5, 5.41) is 6.30. The zero-order chi connectivity index (χ0) is 39.8. The van der Waals surface area contributed by atoms with Crippen LogP contribution in [0.2, 0.25) is 0 Å². The maximum atomic E-state index is 6.91. The number of fused-ring (bicyclic) bond motifs is 14. The molecule has 3 nitrogen and oxygen atoms in total. The number of hydrogen-bond acceptors (Lipinski definition) is 3. The van der Waals surface area contributed by atoms with Crippen molar-refractivity contribution < 1.29 is 4.42 Å². The minimum absolute atomic E-state index is 0.00654. The number of benzene rings is 3. The third-order valence-corrected chi connectivity index (χ3v) is 15.2. The molecule has 3 aliphatic carbocycles. The molecular formula is C55H48BN2O. The van der Waals surface area contributed by atoms with E-state index in [1.807, 2.05) is 12.1 Å². The highest BCUT2D eigenvalue weighted by Crippen LogP contribution is 2.62. The van der Waals surface area contributed by atoms with Crippen molar-refractivity contribution >= 4 is 62.8 Å². The van der Waals surface area contributed by atoms with E-state index < -0.39 is 0 Å². The topological polar surface area (TPSA) is 28.4 Å². The van der Waals surface area contributed by atoms with E-state index >= 15 is 0 Å². The third kappa shape index (κ3) is 4.87. The van der Waals surface area contributed by atoms with Crippen molar-refractivity contribution in [3.8, 4) is 22.3 Å². The van der Waals surface area contributed by atoms with E-state index in [1.54, 1.807) is 0 Å². The molecule has 1 saturated carbocycles. The molecule has 12 rings (SSSR count). The molecule has 5 aromatic carbocycles. The van der Waals surface area contributed by atoms with Gasteiger partial charge in [0.15, 0.2) is 7.28 Å². The molecule has 287 valence electrons. The molecular weight excluding hydrogens is 715 g/mol. The number of nitrogens with zero attached hydrogens (tertiary/aromatic N) is 1. The van der Waals surface area contributed by atoms with Crippen LogP contribution in [-0.2, 0) is 10.8 Å². The van der Waals surface area contributed by atoms with Crippen molar-refractivity contribution in [2.75, 3.05) is 10.2 Å². The second kappa shape index (κ2) is 12.3. The lowest BCUT2D eigenvalue weighted by molar-refractivity contribution is 0.195. The molecule has 59 heavy (non-hydrogen) atoms. The number of rotatable bonds is 1. The van der Waals surface area contributed by atoms with Crippen molar-refractivity contribution in [2.24, 2.45) is 5.92 Å². The first-order chi connectivity index (χ1) is 28.6. The smallest absolute Gasteiger partial charge is 0.197 e. The Balaban J connectivity index is 1.19. The molecule has 4 heteroatoms. The van der Waals surface area contributed by atoms with Gasteiger partial charge in [-0.15, -0.1) is 0 Å².